The third kappa shape index (κ3) is 1.94. The number of pyridine rings is 1. The zero-order chi connectivity index (χ0) is 10.1. The van der Waals surface area contributed by atoms with Crippen LogP contribution in [0, 0.1) is 0 Å². The van der Waals surface area contributed by atoms with Gasteiger partial charge in [-0.15, -0.1) is 11.3 Å². The molecular weight excluding hydrogens is 218 g/mol. The number of ketones is 1. The van der Waals surface area contributed by atoms with Gasteiger partial charge in [0.25, 0.3) is 0 Å². The van der Waals surface area contributed by atoms with Crippen LogP contribution < -0.4 is 0 Å². The molecule has 0 saturated carbocycles. The molecule has 0 spiro atoms. The predicted octanol–water partition coefficient (Wildman–Crippen LogP) is 3.08. The highest BCUT2D eigenvalue weighted by molar-refractivity contribution is 7.19. The molecule has 0 fully saturated rings. The van der Waals surface area contributed by atoms with Crippen LogP contribution in [0.15, 0.2) is 18.2 Å². The topological polar surface area (TPSA) is 30.0 Å². The predicted molar refractivity (Wildman–Crippen MR) is 59.0 cm³/mol. The van der Waals surface area contributed by atoms with E-state index in [0.717, 1.165) is 15.1 Å². The minimum Gasteiger partial charge on any atom is -0.300 e. The Bertz CT molecular complexity index is 492. The first kappa shape index (κ1) is 9.62. The van der Waals surface area contributed by atoms with Crippen molar-refractivity contribution in [2.24, 2.45) is 0 Å². The smallest absolute Gasteiger partial charge is 0.135 e. The van der Waals surface area contributed by atoms with Crippen molar-refractivity contribution in [3.8, 4) is 0 Å². The lowest BCUT2D eigenvalue weighted by molar-refractivity contribution is -0.116. The molecule has 0 aliphatic heterocycles. The Balaban J connectivity index is 2.46. The largest absolute Gasteiger partial charge is 0.300 e. The first-order valence-electron chi connectivity index (χ1n) is 4.19. The third-order valence-electron chi connectivity index (χ3n) is 1.81. The monoisotopic (exact) mass is 225 g/mol. The number of hydrogen-bond acceptors (Lipinski definition) is 3. The van der Waals surface area contributed by atoms with E-state index in [9.17, 15) is 4.79 Å². The standard InChI is InChI=1S/C10H8ClNOS/c1-6(13)4-7-5-8-9(14-7)2-3-10(11)12-8/h2-3,5H,4H2,1H3. The summed E-state index contributed by atoms with van der Waals surface area (Å²) in [6, 6.07) is 5.62. The van der Waals surface area contributed by atoms with Gasteiger partial charge in [-0.1, -0.05) is 11.6 Å². The average molecular weight is 226 g/mol. The Morgan fingerprint density at radius 2 is 2.36 bits per heavy atom. The van der Waals surface area contributed by atoms with E-state index in [1.165, 1.54) is 0 Å². The van der Waals surface area contributed by atoms with E-state index >= 15 is 0 Å². The molecule has 4 heteroatoms. The van der Waals surface area contributed by atoms with Gasteiger partial charge in [-0.05, 0) is 25.1 Å². The Hall–Kier alpha value is -0.930. The fourth-order valence-electron chi connectivity index (χ4n) is 1.28. The number of thiophene rings is 1. The lowest BCUT2D eigenvalue weighted by atomic mass is 10.2. The van der Waals surface area contributed by atoms with Crippen LogP contribution in [-0.4, -0.2) is 10.8 Å². The number of hydrogen-bond donors (Lipinski definition) is 0. The van der Waals surface area contributed by atoms with E-state index in [2.05, 4.69) is 4.98 Å². The van der Waals surface area contributed by atoms with Crippen LogP contribution in [0.1, 0.15) is 11.8 Å². The van der Waals surface area contributed by atoms with Gasteiger partial charge < -0.3 is 0 Å². The molecule has 0 aliphatic carbocycles. The van der Waals surface area contributed by atoms with Crippen molar-refractivity contribution in [3.05, 3.63) is 28.2 Å². The fraction of sp³-hybridized carbons (Fsp3) is 0.200. The molecule has 72 valence electrons. The molecule has 2 nitrogen and oxygen atoms in total. The zero-order valence-electron chi connectivity index (χ0n) is 7.58. The summed E-state index contributed by atoms with van der Waals surface area (Å²) >= 11 is 7.35. The SMILES string of the molecule is CC(=O)Cc1cc2nc(Cl)ccc2s1. The Kier molecular flexibility index (Phi) is 2.52. The molecule has 0 bridgehead atoms. The number of nitrogens with zero attached hydrogens (tertiary/aromatic N) is 1. The summed E-state index contributed by atoms with van der Waals surface area (Å²) in [6.07, 6.45) is 0.485. The number of aromatic nitrogens is 1. The number of fused-ring (bicyclic) bond motifs is 1. The van der Waals surface area contributed by atoms with Crippen molar-refractivity contribution in [1.82, 2.24) is 4.98 Å². The Morgan fingerprint density at radius 3 is 3.07 bits per heavy atom. The number of rotatable bonds is 2. The quantitative estimate of drug-likeness (QED) is 0.736. The second-order valence-corrected chi connectivity index (χ2v) is 4.66. The highest BCUT2D eigenvalue weighted by atomic mass is 35.5. The summed E-state index contributed by atoms with van der Waals surface area (Å²) < 4.78 is 1.07. The van der Waals surface area contributed by atoms with Crippen LogP contribution in [0.3, 0.4) is 0 Å². The van der Waals surface area contributed by atoms with E-state index in [-0.39, 0.29) is 5.78 Å². The van der Waals surface area contributed by atoms with Crippen LogP contribution in [0.4, 0.5) is 0 Å². The van der Waals surface area contributed by atoms with Gasteiger partial charge in [0.1, 0.15) is 10.9 Å². The summed E-state index contributed by atoms with van der Waals surface area (Å²) in [5.74, 6) is 0.169. The van der Waals surface area contributed by atoms with Crippen molar-refractivity contribution < 1.29 is 4.79 Å². The van der Waals surface area contributed by atoms with Gasteiger partial charge in [0.15, 0.2) is 0 Å². The maximum atomic E-state index is 10.9. The number of halogens is 1. The first-order valence-corrected chi connectivity index (χ1v) is 5.39. The van der Waals surface area contributed by atoms with Crippen LogP contribution in [0.2, 0.25) is 5.15 Å². The van der Waals surface area contributed by atoms with E-state index in [1.54, 1.807) is 24.3 Å². The molecule has 0 N–H and O–H groups in total. The summed E-state index contributed by atoms with van der Waals surface area (Å²) in [5, 5.41) is 0.490. The molecule has 0 atom stereocenters. The van der Waals surface area contributed by atoms with Crippen LogP contribution in [-0.2, 0) is 11.2 Å². The molecule has 0 unspecified atom stereocenters. The summed E-state index contributed by atoms with van der Waals surface area (Å²) in [4.78, 5) is 16.1. The van der Waals surface area contributed by atoms with Crippen molar-refractivity contribution in [2.75, 3.05) is 0 Å². The van der Waals surface area contributed by atoms with Crippen molar-refractivity contribution in [2.45, 2.75) is 13.3 Å². The summed E-state index contributed by atoms with van der Waals surface area (Å²) in [6.45, 7) is 1.59. The van der Waals surface area contributed by atoms with Gasteiger partial charge in [0.05, 0.1) is 10.2 Å². The second-order valence-electron chi connectivity index (χ2n) is 3.11. The van der Waals surface area contributed by atoms with Gasteiger partial charge in [-0.2, -0.15) is 0 Å². The molecule has 2 aromatic rings. The lowest BCUT2D eigenvalue weighted by Crippen LogP contribution is -1.92. The molecular formula is C10H8ClNOS. The van der Waals surface area contributed by atoms with Gasteiger partial charge in [-0.3, -0.25) is 4.79 Å². The third-order valence-corrected chi connectivity index (χ3v) is 3.11. The maximum Gasteiger partial charge on any atom is 0.135 e. The van der Waals surface area contributed by atoms with Gasteiger partial charge >= 0.3 is 0 Å². The number of carbonyl (C=O) groups is 1. The molecule has 0 amide bonds. The number of carbonyl (C=O) groups excluding carboxylic acids is 1. The average Bonchev–Trinajstić information content (AvgIpc) is 2.44. The normalized spacial score (nSPS) is 10.7. The molecule has 2 aromatic heterocycles. The zero-order valence-corrected chi connectivity index (χ0v) is 9.15. The second kappa shape index (κ2) is 3.67. The lowest BCUT2D eigenvalue weighted by Gasteiger charge is -1.87. The maximum absolute atomic E-state index is 10.9. The number of Topliss-reactive ketones (excluding diaryl/α,β-unsaturated/α-hetero) is 1. The summed E-state index contributed by atoms with van der Waals surface area (Å²) in [5.41, 5.74) is 0.874. The molecule has 2 rings (SSSR count). The molecule has 0 aliphatic rings. The summed E-state index contributed by atoms with van der Waals surface area (Å²) in [7, 11) is 0. The van der Waals surface area contributed by atoms with Crippen molar-refractivity contribution in [1.29, 1.82) is 0 Å². The molecule has 2 heterocycles. The minimum atomic E-state index is 0.169. The molecule has 14 heavy (non-hydrogen) atoms. The van der Waals surface area contributed by atoms with Gasteiger partial charge in [-0.25, -0.2) is 4.98 Å². The van der Waals surface area contributed by atoms with Crippen LogP contribution >= 0.6 is 22.9 Å². The van der Waals surface area contributed by atoms with E-state index in [0.29, 0.717) is 11.6 Å². The Morgan fingerprint density at radius 1 is 1.57 bits per heavy atom. The Labute approximate surface area is 90.5 Å². The van der Waals surface area contributed by atoms with Crippen LogP contribution in [0.5, 0.6) is 0 Å². The fourth-order valence-corrected chi connectivity index (χ4v) is 2.51. The van der Waals surface area contributed by atoms with Crippen molar-refractivity contribution in [3.63, 3.8) is 0 Å². The van der Waals surface area contributed by atoms with Crippen LogP contribution in [0.25, 0.3) is 10.2 Å². The van der Waals surface area contributed by atoms with E-state index in [4.69, 9.17) is 11.6 Å². The van der Waals surface area contributed by atoms with E-state index < -0.39 is 0 Å². The van der Waals surface area contributed by atoms with Gasteiger partial charge in [0.2, 0.25) is 0 Å². The first-order chi connectivity index (χ1) is 6.65. The van der Waals surface area contributed by atoms with Gasteiger partial charge in [0, 0.05) is 11.3 Å². The molecule has 0 aromatic carbocycles. The molecule has 0 radical (unpaired) electrons. The molecule has 0 saturated heterocycles. The highest BCUT2D eigenvalue weighted by Crippen LogP contribution is 2.25. The van der Waals surface area contributed by atoms with E-state index in [1.807, 2.05) is 12.1 Å². The highest BCUT2D eigenvalue weighted by Gasteiger charge is 2.05. The van der Waals surface area contributed by atoms with Crippen molar-refractivity contribution >= 4 is 38.9 Å². The minimum absolute atomic E-state index is 0.169.